The molecule has 0 aliphatic rings. The molecule has 0 saturated carbocycles. The molecule has 1 N–H and O–H groups in total. The maximum Gasteiger partial charge on any atom is 0.339 e. The number of furan rings is 1. The van der Waals surface area contributed by atoms with Crippen LogP contribution in [0.2, 0.25) is 5.02 Å². The number of hydrogen-bond donors (Lipinski definition) is 1. The number of fused-ring (bicyclic) bond motifs is 1. The normalized spacial score (nSPS) is 11.4. The highest BCUT2D eigenvalue weighted by Gasteiger charge is 2.23. The van der Waals surface area contributed by atoms with Gasteiger partial charge >= 0.3 is 5.97 Å². The molecule has 0 aliphatic carbocycles. The highest BCUT2D eigenvalue weighted by Crippen LogP contribution is 2.36. The Labute approximate surface area is 187 Å². The summed E-state index contributed by atoms with van der Waals surface area (Å²) >= 11 is 7.16. The van der Waals surface area contributed by atoms with Crippen molar-refractivity contribution in [1.82, 2.24) is 4.98 Å². The van der Waals surface area contributed by atoms with Crippen LogP contribution >= 0.6 is 23.4 Å². The van der Waals surface area contributed by atoms with Crippen LogP contribution in [0.4, 0.5) is 5.69 Å². The second-order valence-corrected chi connectivity index (χ2v) is 9.39. The molecule has 0 saturated heterocycles. The number of esters is 1. The standard InChI is InChI=1S/C21H15ClN2O5S2/c1-28-21(25)15-7-3-5-9-18(15)30-20-16(11-14(22)12-23-20)24-31(26,27)19-10-13-6-2-4-8-17(13)29-19/h2-12,24H,1H3. The summed E-state index contributed by atoms with van der Waals surface area (Å²) in [6, 6.07) is 16.6. The Bertz CT molecular complexity index is 1350. The van der Waals surface area contributed by atoms with E-state index >= 15 is 0 Å². The van der Waals surface area contributed by atoms with Gasteiger partial charge in [-0.15, -0.1) is 0 Å². The smallest absolute Gasteiger partial charge is 0.339 e. The van der Waals surface area contributed by atoms with E-state index in [1.54, 1.807) is 48.5 Å². The Kier molecular flexibility index (Phi) is 5.90. The van der Waals surface area contributed by atoms with Crippen LogP contribution in [0, 0.1) is 0 Å². The molecule has 2 aromatic carbocycles. The maximum absolute atomic E-state index is 12.9. The minimum atomic E-state index is -4.06. The van der Waals surface area contributed by atoms with E-state index < -0.39 is 16.0 Å². The first-order valence-electron chi connectivity index (χ1n) is 8.89. The van der Waals surface area contributed by atoms with E-state index in [2.05, 4.69) is 9.71 Å². The largest absolute Gasteiger partial charge is 0.465 e. The number of pyridine rings is 1. The topological polar surface area (TPSA) is 98.5 Å². The van der Waals surface area contributed by atoms with E-state index in [4.69, 9.17) is 20.8 Å². The van der Waals surface area contributed by atoms with Crippen molar-refractivity contribution >= 4 is 56.0 Å². The monoisotopic (exact) mass is 474 g/mol. The molecule has 0 amide bonds. The van der Waals surface area contributed by atoms with Crippen LogP contribution in [-0.2, 0) is 14.8 Å². The third kappa shape index (κ3) is 4.53. The van der Waals surface area contributed by atoms with Crippen molar-refractivity contribution in [3.8, 4) is 0 Å². The maximum atomic E-state index is 12.9. The Morgan fingerprint density at radius 2 is 1.87 bits per heavy atom. The van der Waals surface area contributed by atoms with Crippen LogP contribution in [0.1, 0.15) is 10.4 Å². The number of rotatable bonds is 6. The van der Waals surface area contributed by atoms with Gasteiger partial charge in [0.15, 0.2) is 0 Å². The first-order valence-corrected chi connectivity index (χ1v) is 11.6. The molecule has 0 atom stereocenters. The summed E-state index contributed by atoms with van der Waals surface area (Å²) in [6.07, 6.45) is 1.39. The summed E-state index contributed by atoms with van der Waals surface area (Å²) < 4.78 is 38.7. The molecule has 4 aromatic rings. The van der Waals surface area contributed by atoms with Crippen molar-refractivity contribution in [3.63, 3.8) is 0 Å². The van der Waals surface area contributed by atoms with Crippen LogP contribution in [0.15, 0.2) is 86.3 Å². The molecular weight excluding hydrogens is 460 g/mol. The fourth-order valence-electron chi connectivity index (χ4n) is 2.80. The van der Waals surface area contributed by atoms with E-state index in [9.17, 15) is 13.2 Å². The number of carbonyl (C=O) groups excluding carboxylic acids is 1. The highest BCUT2D eigenvalue weighted by atomic mass is 35.5. The van der Waals surface area contributed by atoms with E-state index in [1.165, 1.54) is 25.4 Å². The van der Waals surface area contributed by atoms with Crippen molar-refractivity contribution < 1.29 is 22.4 Å². The number of anilines is 1. The lowest BCUT2D eigenvalue weighted by Crippen LogP contribution is -2.13. The average molecular weight is 475 g/mol. The Hall–Kier alpha value is -3.01. The number of aromatic nitrogens is 1. The lowest BCUT2D eigenvalue weighted by molar-refractivity contribution is 0.0597. The van der Waals surface area contributed by atoms with Crippen LogP contribution in [0.3, 0.4) is 0 Å². The lowest BCUT2D eigenvalue weighted by Gasteiger charge is -2.12. The Morgan fingerprint density at radius 3 is 2.65 bits per heavy atom. The number of hydrogen-bond acceptors (Lipinski definition) is 7. The zero-order valence-corrected chi connectivity index (χ0v) is 18.4. The van der Waals surface area contributed by atoms with Gasteiger partial charge in [0.25, 0.3) is 10.0 Å². The fraction of sp³-hybridized carbons (Fsp3) is 0.0476. The molecule has 0 bridgehead atoms. The molecule has 0 spiro atoms. The zero-order valence-electron chi connectivity index (χ0n) is 16.0. The summed E-state index contributed by atoms with van der Waals surface area (Å²) in [5, 5.41) is 0.974. The summed E-state index contributed by atoms with van der Waals surface area (Å²) in [6.45, 7) is 0. The molecule has 0 fully saturated rings. The second-order valence-electron chi connectivity index (χ2n) is 6.30. The number of halogens is 1. The third-order valence-corrected chi connectivity index (χ3v) is 6.75. The summed E-state index contributed by atoms with van der Waals surface area (Å²) in [5.74, 6) is -0.513. The zero-order chi connectivity index (χ0) is 22.0. The SMILES string of the molecule is COC(=O)c1ccccc1Sc1ncc(Cl)cc1NS(=O)(=O)c1cc2ccccc2o1. The highest BCUT2D eigenvalue weighted by molar-refractivity contribution is 7.99. The van der Waals surface area contributed by atoms with Gasteiger partial charge < -0.3 is 9.15 Å². The Morgan fingerprint density at radius 1 is 1.13 bits per heavy atom. The number of methoxy groups -OCH3 is 1. The van der Waals surface area contributed by atoms with Gasteiger partial charge in [0.05, 0.1) is 23.4 Å². The number of benzene rings is 2. The third-order valence-electron chi connectivity index (χ3n) is 4.23. The van der Waals surface area contributed by atoms with Crippen molar-refractivity contribution in [1.29, 1.82) is 0 Å². The number of nitrogens with zero attached hydrogens (tertiary/aromatic N) is 1. The quantitative estimate of drug-likeness (QED) is 0.382. The number of carbonyl (C=O) groups is 1. The molecule has 0 unspecified atom stereocenters. The molecule has 31 heavy (non-hydrogen) atoms. The number of nitrogens with one attached hydrogen (secondary N) is 1. The van der Waals surface area contributed by atoms with Crippen LogP contribution in [0.25, 0.3) is 11.0 Å². The van der Waals surface area contributed by atoms with E-state index in [0.717, 1.165) is 11.8 Å². The lowest BCUT2D eigenvalue weighted by atomic mass is 10.2. The van der Waals surface area contributed by atoms with E-state index in [0.29, 0.717) is 26.5 Å². The molecule has 0 radical (unpaired) electrons. The first-order chi connectivity index (χ1) is 14.9. The van der Waals surface area contributed by atoms with E-state index in [1.807, 2.05) is 0 Å². The van der Waals surface area contributed by atoms with Crippen LogP contribution < -0.4 is 4.72 Å². The van der Waals surface area contributed by atoms with Gasteiger partial charge in [-0.05, 0) is 24.3 Å². The Balaban J connectivity index is 1.70. The second kappa shape index (κ2) is 8.62. The van der Waals surface area contributed by atoms with Gasteiger partial charge in [-0.1, -0.05) is 53.7 Å². The number of para-hydroxylation sites is 1. The van der Waals surface area contributed by atoms with Gasteiger partial charge in [-0.2, -0.15) is 8.42 Å². The molecular formula is C21H15ClN2O5S2. The number of ether oxygens (including phenoxy) is 1. The van der Waals surface area contributed by atoms with Gasteiger partial charge in [-0.3, -0.25) is 4.72 Å². The van der Waals surface area contributed by atoms with Crippen molar-refractivity contribution in [3.05, 3.63) is 77.4 Å². The molecule has 4 rings (SSSR count). The van der Waals surface area contributed by atoms with Crippen molar-refractivity contribution in [2.75, 3.05) is 11.8 Å². The molecule has 2 heterocycles. The minimum Gasteiger partial charge on any atom is -0.465 e. The fourth-order valence-corrected chi connectivity index (χ4v) is 5.00. The molecule has 7 nitrogen and oxygen atoms in total. The summed E-state index contributed by atoms with van der Waals surface area (Å²) in [5.41, 5.74) is 0.934. The van der Waals surface area contributed by atoms with Crippen molar-refractivity contribution in [2.24, 2.45) is 0 Å². The first kappa shape index (κ1) is 21.2. The van der Waals surface area contributed by atoms with Gasteiger partial charge in [-0.25, -0.2) is 9.78 Å². The van der Waals surface area contributed by atoms with Gasteiger partial charge in [0.1, 0.15) is 10.6 Å². The molecule has 10 heteroatoms. The average Bonchev–Trinajstić information content (AvgIpc) is 3.21. The predicted octanol–water partition coefficient (Wildman–Crippen LogP) is 5.22. The molecule has 0 aliphatic heterocycles. The molecule has 158 valence electrons. The van der Waals surface area contributed by atoms with Crippen molar-refractivity contribution in [2.45, 2.75) is 15.0 Å². The van der Waals surface area contributed by atoms with Crippen LogP contribution in [-0.4, -0.2) is 26.5 Å². The minimum absolute atomic E-state index is 0.151. The van der Waals surface area contributed by atoms with E-state index in [-0.39, 0.29) is 15.8 Å². The van der Waals surface area contributed by atoms with Gasteiger partial charge in [0.2, 0.25) is 5.09 Å². The summed E-state index contributed by atoms with van der Waals surface area (Å²) in [7, 11) is -2.77. The molecule has 2 aromatic heterocycles. The summed E-state index contributed by atoms with van der Waals surface area (Å²) in [4.78, 5) is 16.9. The van der Waals surface area contributed by atoms with Gasteiger partial charge in [0, 0.05) is 22.5 Å². The number of sulfonamides is 1. The van der Waals surface area contributed by atoms with Crippen LogP contribution in [0.5, 0.6) is 0 Å². The predicted molar refractivity (Wildman–Crippen MR) is 118 cm³/mol.